The quantitative estimate of drug-likeness (QED) is 0.404. The molecule has 1 heterocycles. The van der Waals surface area contributed by atoms with Gasteiger partial charge in [0.2, 0.25) is 0 Å². The van der Waals surface area contributed by atoms with Gasteiger partial charge in [0.25, 0.3) is 5.91 Å². The number of carbonyl (C=O) groups excluding carboxylic acids is 1. The van der Waals surface area contributed by atoms with Crippen LogP contribution >= 0.6 is 0 Å². The van der Waals surface area contributed by atoms with Crippen molar-refractivity contribution in [2.24, 2.45) is 5.92 Å². The molecule has 0 atom stereocenters. The van der Waals surface area contributed by atoms with E-state index in [9.17, 15) is 4.79 Å². The van der Waals surface area contributed by atoms with Crippen molar-refractivity contribution in [2.45, 2.75) is 45.6 Å². The summed E-state index contributed by atoms with van der Waals surface area (Å²) in [5, 5.41) is 6.68. The largest absolute Gasteiger partial charge is 0.381 e. The minimum atomic E-state index is -0.00557. The molecule has 2 aliphatic rings. The molecule has 5 rings (SSSR count). The first-order chi connectivity index (χ1) is 17.6. The van der Waals surface area contributed by atoms with Gasteiger partial charge in [0.15, 0.2) is 0 Å². The second kappa shape index (κ2) is 11.7. The average Bonchev–Trinajstić information content (AvgIpc) is 3.13. The standard InChI is InChI=1S/C32H36N2O2/c1-23-5-9-27(10-6-23)28-12-11-26-3-2-4-29(20-30(26)19-28)32(35)34-31-13-7-24(8-14-31)21-33-22-25-15-17-36-18-16-25/h5-14,19-20,25,33H,2-4,15-18,21-22H2,1H3,(H,34,35). The number of nitrogens with one attached hydrogen (secondary N) is 2. The summed E-state index contributed by atoms with van der Waals surface area (Å²) in [7, 11) is 0. The summed E-state index contributed by atoms with van der Waals surface area (Å²) in [6.45, 7) is 5.75. The summed E-state index contributed by atoms with van der Waals surface area (Å²) in [5.74, 6) is 0.706. The van der Waals surface area contributed by atoms with Crippen LogP contribution in [-0.4, -0.2) is 25.7 Å². The third-order valence-electron chi connectivity index (χ3n) is 7.36. The van der Waals surface area contributed by atoms with Crippen molar-refractivity contribution in [3.8, 4) is 11.1 Å². The maximum Gasteiger partial charge on any atom is 0.251 e. The Morgan fingerprint density at radius 3 is 2.44 bits per heavy atom. The van der Waals surface area contributed by atoms with Crippen molar-refractivity contribution in [2.75, 3.05) is 25.1 Å². The zero-order chi connectivity index (χ0) is 24.7. The molecule has 1 aliphatic heterocycles. The molecule has 2 N–H and O–H groups in total. The number of anilines is 1. The molecule has 36 heavy (non-hydrogen) atoms. The number of hydrogen-bond acceptors (Lipinski definition) is 3. The van der Waals surface area contributed by atoms with Crippen LogP contribution in [0.4, 0.5) is 5.69 Å². The summed E-state index contributed by atoms with van der Waals surface area (Å²) in [4.78, 5) is 13.2. The van der Waals surface area contributed by atoms with E-state index in [1.807, 2.05) is 12.1 Å². The van der Waals surface area contributed by atoms with Crippen molar-refractivity contribution in [3.05, 3.63) is 94.6 Å². The molecule has 3 aromatic carbocycles. The van der Waals surface area contributed by atoms with Gasteiger partial charge in [0.1, 0.15) is 0 Å². The molecule has 0 aromatic heterocycles. The molecular formula is C32H36N2O2. The summed E-state index contributed by atoms with van der Waals surface area (Å²) in [6.07, 6.45) is 7.13. The highest BCUT2D eigenvalue weighted by Gasteiger charge is 2.16. The van der Waals surface area contributed by atoms with Crippen LogP contribution < -0.4 is 10.6 Å². The van der Waals surface area contributed by atoms with Gasteiger partial charge >= 0.3 is 0 Å². The smallest absolute Gasteiger partial charge is 0.251 e. The molecule has 4 nitrogen and oxygen atoms in total. The Morgan fingerprint density at radius 1 is 0.917 bits per heavy atom. The third-order valence-corrected chi connectivity index (χ3v) is 7.36. The number of aryl methyl sites for hydroxylation is 2. The molecule has 1 saturated heterocycles. The minimum Gasteiger partial charge on any atom is -0.381 e. The van der Waals surface area contributed by atoms with Gasteiger partial charge < -0.3 is 15.4 Å². The van der Waals surface area contributed by atoms with E-state index >= 15 is 0 Å². The molecular weight excluding hydrogens is 444 g/mol. The van der Waals surface area contributed by atoms with Crippen LogP contribution in [0, 0.1) is 12.8 Å². The molecule has 1 amide bonds. The fraction of sp³-hybridized carbons (Fsp3) is 0.344. The van der Waals surface area contributed by atoms with Gasteiger partial charge in [-0.25, -0.2) is 0 Å². The molecule has 0 unspecified atom stereocenters. The summed E-state index contributed by atoms with van der Waals surface area (Å²) < 4.78 is 5.44. The van der Waals surface area contributed by atoms with E-state index in [-0.39, 0.29) is 5.91 Å². The fourth-order valence-electron chi connectivity index (χ4n) is 5.08. The predicted octanol–water partition coefficient (Wildman–Crippen LogP) is 6.54. The maximum absolute atomic E-state index is 13.2. The van der Waals surface area contributed by atoms with Gasteiger partial charge in [-0.3, -0.25) is 4.79 Å². The highest BCUT2D eigenvalue weighted by atomic mass is 16.5. The normalized spacial score (nSPS) is 16.1. The Bertz CT molecular complexity index is 1210. The molecule has 0 bridgehead atoms. The first kappa shape index (κ1) is 24.5. The second-order valence-electron chi connectivity index (χ2n) is 10.1. The third kappa shape index (κ3) is 6.31. The first-order valence-corrected chi connectivity index (χ1v) is 13.2. The van der Waals surface area contributed by atoms with E-state index in [1.54, 1.807) is 0 Å². The van der Waals surface area contributed by atoms with Crippen LogP contribution in [-0.2, 0) is 22.5 Å². The van der Waals surface area contributed by atoms with Gasteiger partial charge in [0.05, 0.1) is 0 Å². The summed E-state index contributed by atoms with van der Waals surface area (Å²) in [5.41, 5.74) is 9.02. The van der Waals surface area contributed by atoms with E-state index in [1.165, 1.54) is 27.8 Å². The lowest BCUT2D eigenvalue weighted by atomic mass is 9.97. The number of carbonyl (C=O) groups is 1. The van der Waals surface area contributed by atoms with E-state index in [2.05, 4.69) is 78.2 Å². The van der Waals surface area contributed by atoms with Crippen molar-refractivity contribution in [3.63, 3.8) is 0 Å². The zero-order valence-electron chi connectivity index (χ0n) is 21.2. The number of hydrogen-bond donors (Lipinski definition) is 2. The van der Waals surface area contributed by atoms with E-state index in [4.69, 9.17) is 4.74 Å². The van der Waals surface area contributed by atoms with Gasteiger partial charge in [-0.1, -0.05) is 54.1 Å². The maximum atomic E-state index is 13.2. The van der Waals surface area contributed by atoms with Crippen molar-refractivity contribution in [1.82, 2.24) is 5.32 Å². The van der Waals surface area contributed by atoms with Crippen LogP contribution in [0.3, 0.4) is 0 Å². The van der Waals surface area contributed by atoms with Crippen LogP contribution in [0.25, 0.3) is 17.2 Å². The second-order valence-corrected chi connectivity index (χ2v) is 10.1. The number of fused-ring (bicyclic) bond motifs is 1. The summed E-state index contributed by atoms with van der Waals surface area (Å²) >= 11 is 0. The Balaban J connectivity index is 1.22. The van der Waals surface area contributed by atoms with Gasteiger partial charge in [-0.2, -0.15) is 0 Å². The minimum absolute atomic E-state index is 0.00557. The lowest BCUT2D eigenvalue weighted by Gasteiger charge is -2.22. The van der Waals surface area contributed by atoms with Gasteiger partial charge in [-0.15, -0.1) is 0 Å². The molecule has 0 saturated carbocycles. The fourth-order valence-corrected chi connectivity index (χ4v) is 5.08. The zero-order valence-corrected chi connectivity index (χ0v) is 21.2. The highest BCUT2D eigenvalue weighted by molar-refractivity contribution is 6.07. The van der Waals surface area contributed by atoms with Crippen molar-refractivity contribution in [1.29, 1.82) is 0 Å². The first-order valence-electron chi connectivity index (χ1n) is 13.2. The van der Waals surface area contributed by atoms with Crippen LogP contribution in [0.15, 0.2) is 72.3 Å². The van der Waals surface area contributed by atoms with Crippen molar-refractivity contribution >= 4 is 17.7 Å². The molecule has 1 fully saturated rings. The number of amides is 1. The Morgan fingerprint density at radius 2 is 1.67 bits per heavy atom. The number of ether oxygens (including phenoxy) is 1. The van der Waals surface area contributed by atoms with E-state index in [0.29, 0.717) is 5.92 Å². The van der Waals surface area contributed by atoms with Crippen LogP contribution in [0.1, 0.15) is 47.9 Å². The Hall–Kier alpha value is -3.21. The molecule has 4 heteroatoms. The molecule has 3 aromatic rings. The van der Waals surface area contributed by atoms with Crippen LogP contribution in [0.2, 0.25) is 0 Å². The molecule has 186 valence electrons. The van der Waals surface area contributed by atoms with Gasteiger partial charge in [-0.05, 0) is 104 Å². The molecule has 0 spiro atoms. The summed E-state index contributed by atoms with van der Waals surface area (Å²) in [6, 6.07) is 23.4. The molecule has 1 aliphatic carbocycles. The Labute approximate surface area is 214 Å². The van der Waals surface area contributed by atoms with Gasteiger partial charge in [0, 0.05) is 31.0 Å². The Kier molecular flexibility index (Phi) is 7.95. The number of rotatable bonds is 7. The topological polar surface area (TPSA) is 50.4 Å². The van der Waals surface area contributed by atoms with Crippen LogP contribution in [0.5, 0.6) is 0 Å². The predicted molar refractivity (Wildman–Crippen MR) is 148 cm³/mol. The van der Waals surface area contributed by atoms with E-state index < -0.39 is 0 Å². The molecule has 0 radical (unpaired) electrons. The lowest BCUT2D eigenvalue weighted by Crippen LogP contribution is -2.27. The van der Waals surface area contributed by atoms with Crippen molar-refractivity contribution < 1.29 is 9.53 Å². The average molecular weight is 481 g/mol. The number of benzene rings is 3. The monoisotopic (exact) mass is 480 g/mol. The van der Waals surface area contributed by atoms with E-state index in [0.717, 1.165) is 75.2 Å². The lowest BCUT2D eigenvalue weighted by molar-refractivity contribution is -0.112. The highest BCUT2D eigenvalue weighted by Crippen LogP contribution is 2.29. The SMILES string of the molecule is Cc1ccc(-c2ccc3c(c2)C=C(C(=O)Nc2ccc(CNCC4CCOCC4)cc2)CCC3)cc1.